The molecule has 0 saturated carbocycles. The van der Waals surface area contributed by atoms with Gasteiger partial charge in [0.25, 0.3) is 0 Å². The van der Waals surface area contributed by atoms with Crippen molar-refractivity contribution >= 4 is 17.8 Å². The molecule has 334 valence electrons. The van der Waals surface area contributed by atoms with Crippen LogP contribution in [-0.4, -0.2) is 41.6 Å². The number of unbranched alkanes of at least 4 members (excludes halogenated alkanes) is 19. The number of esters is 1. The zero-order valence-corrected chi connectivity index (χ0v) is 37.6. The van der Waals surface area contributed by atoms with Gasteiger partial charge in [0.15, 0.2) is 0 Å². The maximum atomic E-state index is 12.9. The van der Waals surface area contributed by atoms with E-state index in [4.69, 9.17) is 10.5 Å². The lowest BCUT2D eigenvalue weighted by molar-refractivity contribution is -0.150. The van der Waals surface area contributed by atoms with Crippen LogP contribution in [-0.2, 0) is 19.1 Å². The van der Waals surface area contributed by atoms with Gasteiger partial charge in [-0.1, -0.05) is 158 Å². The summed E-state index contributed by atoms with van der Waals surface area (Å²) in [7, 11) is 0. The fourth-order valence-corrected chi connectivity index (χ4v) is 6.97. The van der Waals surface area contributed by atoms with Crippen molar-refractivity contribution in [3.05, 3.63) is 60.8 Å². The molecule has 7 nitrogen and oxygen atoms in total. The molecule has 0 aromatic heterocycles. The standard InChI is InChI=1S/C51H90N2O5/c1-3-5-7-9-11-13-15-17-19-20-22-24-26-28-30-35-39-45-50(55)58-47(41-36-32-29-27-25-23-21-18-16-14-12-10-8-6-4-2)42-37-33-31-34-38-44-49(54)53-48(51(56)57)43-40-46-52/h5,7,11,13,16-19,23,25,47-48H,3-4,6,8-10,12,14-15,20-22,24,26-46,52H2,1-2H3,(H,53,54)(H,56,57)/b7-5-,13-11-,18-16-,19-17-,25-23-. The molecule has 1 amide bonds. The van der Waals surface area contributed by atoms with Gasteiger partial charge in [-0.05, 0) is 122 Å². The van der Waals surface area contributed by atoms with Crippen molar-refractivity contribution < 1.29 is 24.2 Å². The lowest BCUT2D eigenvalue weighted by Crippen LogP contribution is -2.40. The molecule has 0 saturated heterocycles. The second-order valence-corrected chi connectivity index (χ2v) is 16.1. The number of ether oxygens (including phenoxy) is 1. The zero-order chi connectivity index (χ0) is 42.4. The predicted octanol–water partition coefficient (Wildman–Crippen LogP) is 14.1. The van der Waals surface area contributed by atoms with E-state index in [2.05, 4.69) is 79.9 Å². The van der Waals surface area contributed by atoms with Crippen LogP contribution in [0.4, 0.5) is 0 Å². The number of hydrogen-bond acceptors (Lipinski definition) is 5. The van der Waals surface area contributed by atoms with E-state index in [0.717, 1.165) is 116 Å². The van der Waals surface area contributed by atoms with Crippen LogP contribution in [0.25, 0.3) is 0 Å². The minimum atomic E-state index is -1.01. The van der Waals surface area contributed by atoms with Gasteiger partial charge in [-0.25, -0.2) is 4.79 Å². The Morgan fingerprint density at radius 3 is 1.45 bits per heavy atom. The third-order valence-electron chi connectivity index (χ3n) is 10.6. The monoisotopic (exact) mass is 811 g/mol. The number of nitrogens with one attached hydrogen (secondary N) is 1. The summed E-state index contributed by atoms with van der Waals surface area (Å²) >= 11 is 0. The minimum Gasteiger partial charge on any atom is -0.480 e. The normalized spacial score (nSPS) is 13.2. The highest BCUT2D eigenvalue weighted by atomic mass is 16.5. The van der Waals surface area contributed by atoms with E-state index in [9.17, 15) is 19.5 Å². The summed E-state index contributed by atoms with van der Waals surface area (Å²) in [5.41, 5.74) is 5.49. The topological polar surface area (TPSA) is 119 Å². The maximum Gasteiger partial charge on any atom is 0.326 e. The van der Waals surface area contributed by atoms with Crippen LogP contribution in [0.3, 0.4) is 0 Å². The molecular formula is C51H90N2O5. The van der Waals surface area contributed by atoms with Crippen LogP contribution < -0.4 is 11.1 Å². The molecule has 2 unspecified atom stereocenters. The minimum absolute atomic E-state index is 0.0181. The number of carboxylic acid groups (broad SMARTS) is 1. The molecular weight excluding hydrogens is 721 g/mol. The van der Waals surface area contributed by atoms with Gasteiger partial charge in [0.2, 0.25) is 5.91 Å². The fraction of sp³-hybridized carbons (Fsp3) is 0.745. The summed E-state index contributed by atoms with van der Waals surface area (Å²) in [6.07, 6.45) is 56.9. The summed E-state index contributed by atoms with van der Waals surface area (Å²) in [5.74, 6) is -1.26. The van der Waals surface area contributed by atoms with Gasteiger partial charge in [0.05, 0.1) is 0 Å². The number of aliphatic carboxylic acids is 1. The third kappa shape index (κ3) is 41.2. The Morgan fingerprint density at radius 2 is 0.948 bits per heavy atom. The fourth-order valence-electron chi connectivity index (χ4n) is 6.97. The summed E-state index contributed by atoms with van der Waals surface area (Å²) in [4.78, 5) is 36.5. The van der Waals surface area contributed by atoms with E-state index in [1.54, 1.807) is 0 Å². The van der Waals surface area contributed by atoms with Crippen LogP contribution in [0, 0.1) is 0 Å². The molecule has 0 heterocycles. The molecule has 0 fully saturated rings. The van der Waals surface area contributed by atoms with Gasteiger partial charge in [-0.2, -0.15) is 0 Å². The van der Waals surface area contributed by atoms with Crippen molar-refractivity contribution in [2.24, 2.45) is 5.73 Å². The highest BCUT2D eigenvalue weighted by molar-refractivity contribution is 5.83. The van der Waals surface area contributed by atoms with E-state index in [1.807, 2.05) is 0 Å². The van der Waals surface area contributed by atoms with Crippen molar-refractivity contribution in [1.29, 1.82) is 0 Å². The second-order valence-electron chi connectivity index (χ2n) is 16.1. The molecule has 2 atom stereocenters. The molecule has 0 bridgehead atoms. The summed E-state index contributed by atoms with van der Waals surface area (Å²) in [6, 6.07) is -0.863. The first-order valence-corrected chi connectivity index (χ1v) is 24.1. The third-order valence-corrected chi connectivity index (χ3v) is 10.6. The molecule has 4 N–H and O–H groups in total. The second kappa shape index (κ2) is 45.2. The van der Waals surface area contributed by atoms with Gasteiger partial charge in [-0.15, -0.1) is 0 Å². The predicted molar refractivity (Wildman–Crippen MR) is 248 cm³/mol. The van der Waals surface area contributed by atoms with Crippen LogP contribution in [0.15, 0.2) is 60.8 Å². The van der Waals surface area contributed by atoms with Crippen molar-refractivity contribution in [2.75, 3.05) is 6.54 Å². The number of carbonyl (C=O) groups excluding carboxylic acids is 2. The number of nitrogens with two attached hydrogens (primary N) is 1. The molecule has 0 radical (unpaired) electrons. The number of amides is 1. The number of allylic oxidation sites excluding steroid dienone is 10. The first-order valence-electron chi connectivity index (χ1n) is 24.1. The van der Waals surface area contributed by atoms with Crippen LogP contribution >= 0.6 is 0 Å². The van der Waals surface area contributed by atoms with Crippen molar-refractivity contribution in [1.82, 2.24) is 5.32 Å². The molecule has 58 heavy (non-hydrogen) atoms. The Balaban J connectivity index is 4.39. The molecule has 0 aliphatic carbocycles. The maximum absolute atomic E-state index is 12.9. The number of carbonyl (C=O) groups is 3. The Hall–Kier alpha value is -2.93. The molecule has 0 spiro atoms. The molecule has 0 aliphatic heterocycles. The van der Waals surface area contributed by atoms with Crippen LogP contribution in [0.1, 0.15) is 226 Å². The summed E-state index contributed by atoms with van der Waals surface area (Å²) in [6.45, 7) is 4.83. The summed E-state index contributed by atoms with van der Waals surface area (Å²) in [5, 5.41) is 12.0. The quantitative estimate of drug-likeness (QED) is 0.0321. The van der Waals surface area contributed by atoms with Gasteiger partial charge in [0, 0.05) is 12.8 Å². The Kier molecular flexibility index (Phi) is 42.9. The van der Waals surface area contributed by atoms with Crippen LogP contribution in [0.2, 0.25) is 0 Å². The Bertz CT molecular complexity index is 1090. The zero-order valence-electron chi connectivity index (χ0n) is 37.6. The van der Waals surface area contributed by atoms with Crippen LogP contribution in [0.5, 0.6) is 0 Å². The number of carboxylic acids is 1. The van der Waals surface area contributed by atoms with E-state index in [1.165, 1.54) is 70.6 Å². The molecule has 0 aromatic rings. The van der Waals surface area contributed by atoms with Gasteiger partial charge >= 0.3 is 11.9 Å². The van der Waals surface area contributed by atoms with Gasteiger partial charge in [-0.3, -0.25) is 9.59 Å². The molecule has 7 heteroatoms. The number of hydrogen-bond donors (Lipinski definition) is 3. The van der Waals surface area contributed by atoms with E-state index in [-0.39, 0.29) is 18.0 Å². The highest BCUT2D eigenvalue weighted by Gasteiger charge is 2.19. The highest BCUT2D eigenvalue weighted by Crippen LogP contribution is 2.18. The first-order chi connectivity index (χ1) is 28.4. The largest absolute Gasteiger partial charge is 0.480 e. The van der Waals surface area contributed by atoms with E-state index >= 15 is 0 Å². The lowest BCUT2D eigenvalue weighted by Gasteiger charge is -2.18. The lowest BCUT2D eigenvalue weighted by atomic mass is 10.0. The van der Waals surface area contributed by atoms with Gasteiger partial charge in [0.1, 0.15) is 12.1 Å². The smallest absolute Gasteiger partial charge is 0.326 e. The Morgan fingerprint density at radius 1 is 0.517 bits per heavy atom. The molecule has 0 aromatic carbocycles. The first kappa shape index (κ1) is 55.1. The Labute approximate surface area is 357 Å². The van der Waals surface area contributed by atoms with Crippen molar-refractivity contribution in [3.8, 4) is 0 Å². The van der Waals surface area contributed by atoms with Gasteiger partial charge < -0.3 is 20.9 Å². The van der Waals surface area contributed by atoms with Crippen molar-refractivity contribution in [3.63, 3.8) is 0 Å². The average Bonchev–Trinajstić information content (AvgIpc) is 3.21. The van der Waals surface area contributed by atoms with E-state index < -0.39 is 12.0 Å². The molecule has 0 aliphatic rings. The average molecular weight is 811 g/mol. The van der Waals surface area contributed by atoms with Crippen molar-refractivity contribution in [2.45, 2.75) is 238 Å². The number of rotatable bonds is 43. The SMILES string of the molecule is CC/C=C\C/C=C\C/C=C\CCCCCCCCCC(=O)OC(CCCCC/C=C\C/C=C\CCCCCCC)CCCCCCCC(=O)NC(CCCN)C(=O)O. The van der Waals surface area contributed by atoms with E-state index in [0.29, 0.717) is 32.2 Å². The summed E-state index contributed by atoms with van der Waals surface area (Å²) < 4.78 is 6.06. The molecule has 0 rings (SSSR count).